The van der Waals surface area contributed by atoms with Gasteiger partial charge in [0.2, 0.25) is 0 Å². The first-order valence-electron chi connectivity index (χ1n) is 9.03. The van der Waals surface area contributed by atoms with Crippen molar-refractivity contribution in [1.82, 2.24) is 20.1 Å². The first kappa shape index (κ1) is 17.1. The Morgan fingerprint density at radius 3 is 2.78 bits per heavy atom. The number of amides is 1. The second kappa shape index (κ2) is 6.76. The molecule has 27 heavy (non-hydrogen) atoms. The van der Waals surface area contributed by atoms with Crippen LogP contribution in [0.3, 0.4) is 0 Å². The Morgan fingerprint density at radius 2 is 1.96 bits per heavy atom. The average molecular weight is 358 g/mol. The lowest BCUT2D eigenvalue weighted by atomic mass is 10.1. The van der Waals surface area contributed by atoms with Crippen LogP contribution in [0.5, 0.6) is 0 Å². The third-order valence-electron chi connectivity index (χ3n) is 5.02. The predicted octanol–water partition coefficient (Wildman–Crippen LogP) is 4.46. The molecule has 2 aromatic heterocycles. The summed E-state index contributed by atoms with van der Waals surface area (Å²) in [6.45, 7) is 6.08. The van der Waals surface area contributed by atoms with Gasteiger partial charge in [0, 0.05) is 28.5 Å². The molecule has 0 bridgehead atoms. The van der Waals surface area contributed by atoms with Gasteiger partial charge in [0.15, 0.2) is 0 Å². The van der Waals surface area contributed by atoms with Crippen LogP contribution < -0.4 is 5.32 Å². The van der Waals surface area contributed by atoms with Gasteiger partial charge < -0.3 is 10.3 Å². The highest BCUT2D eigenvalue weighted by atomic mass is 16.1. The van der Waals surface area contributed by atoms with Gasteiger partial charge >= 0.3 is 0 Å². The number of fused-ring (bicyclic) bond motifs is 1. The van der Waals surface area contributed by atoms with Crippen molar-refractivity contribution in [2.75, 3.05) is 0 Å². The van der Waals surface area contributed by atoms with Crippen LogP contribution in [0.25, 0.3) is 16.6 Å². The van der Waals surface area contributed by atoms with Gasteiger partial charge in [-0.1, -0.05) is 24.3 Å². The zero-order valence-electron chi connectivity index (χ0n) is 15.7. The molecule has 0 spiro atoms. The maximum Gasteiger partial charge on any atom is 0.251 e. The average Bonchev–Trinajstić information content (AvgIpc) is 3.28. The van der Waals surface area contributed by atoms with E-state index in [0.29, 0.717) is 5.56 Å². The van der Waals surface area contributed by atoms with Crippen LogP contribution in [0, 0.1) is 13.8 Å². The molecule has 1 atom stereocenters. The van der Waals surface area contributed by atoms with Crippen LogP contribution in [-0.2, 0) is 0 Å². The van der Waals surface area contributed by atoms with Crippen molar-refractivity contribution in [3.63, 3.8) is 0 Å². The van der Waals surface area contributed by atoms with E-state index in [4.69, 9.17) is 0 Å². The fourth-order valence-corrected chi connectivity index (χ4v) is 3.44. The third kappa shape index (κ3) is 3.12. The van der Waals surface area contributed by atoms with Gasteiger partial charge in [0.1, 0.15) is 0 Å². The number of nitrogens with one attached hydrogen (secondary N) is 2. The molecule has 0 radical (unpaired) electrons. The Balaban J connectivity index is 1.57. The van der Waals surface area contributed by atoms with Crippen molar-refractivity contribution >= 4 is 16.8 Å². The highest BCUT2D eigenvalue weighted by molar-refractivity contribution is 5.98. The molecule has 5 nitrogen and oxygen atoms in total. The van der Waals surface area contributed by atoms with Crippen molar-refractivity contribution in [3.05, 3.63) is 83.3 Å². The highest BCUT2D eigenvalue weighted by Crippen LogP contribution is 2.22. The number of nitrogens with zero attached hydrogens (tertiary/aromatic N) is 2. The molecule has 0 aliphatic rings. The molecule has 4 aromatic rings. The summed E-state index contributed by atoms with van der Waals surface area (Å²) < 4.78 is 1.93. The van der Waals surface area contributed by atoms with E-state index in [-0.39, 0.29) is 11.9 Å². The van der Waals surface area contributed by atoms with Gasteiger partial charge in [-0.2, -0.15) is 5.10 Å². The van der Waals surface area contributed by atoms with E-state index in [1.165, 1.54) is 0 Å². The van der Waals surface area contributed by atoms with Crippen molar-refractivity contribution in [2.24, 2.45) is 0 Å². The zero-order chi connectivity index (χ0) is 19.0. The van der Waals surface area contributed by atoms with Crippen LogP contribution in [0.4, 0.5) is 0 Å². The van der Waals surface area contributed by atoms with Crippen molar-refractivity contribution in [2.45, 2.75) is 26.8 Å². The summed E-state index contributed by atoms with van der Waals surface area (Å²) >= 11 is 0. The fourth-order valence-electron chi connectivity index (χ4n) is 3.44. The molecule has 0 aliphatic carbocycles. The van der Waals surface area contributed by atoms with E-state index in [1.807, 2.05) is 73.4 Å². The molecule has 2 N–H and O–H groups in total. The quantitative estimate of drug-likeness (QED) is 0.566. The van der Waals surface area contributed by atoms with Gasteiger partial charge in [0.05, 0.1) is 17.9 Å². The standard InChI is InChI=1S/C22H22N4O/c1-14-6-4-5-7-21(14)26-16(3)19(13-24-26)15(2)25-22(27)18-9-8-17-10-11-23-20(17)12-18/h4-13,15,23H,1-3H3,(H,25,27). The molecule has 0 saturated heterocycles. The maximum atomic E-state index is 12.7. The number of hydrogen-bond donors (Lipinski definition) is 2. The lowest BCUT2D eigenvalue weighted by Gasteiger charge is -2.15. The number of carbonyl (C=O) groups is 1. The molecule has 4 rings (SSSR count). The molecule has 136 valence electrons. The van der Waals surface area contributed by atoms with Crippen LogP contribution in [0.1, 0.15) is 40.1 Å². The largest absolute Gasteiger partial charge is 0.361 e. The Bertz CT molecular complexity index is 1120. The monoisotopic (exact) mass is 358 g/mol. The molecule has 2 heterocycles. The van der Waals surface area contributed by atoms with Crippen molar-refractivity contribution < 1.29 is 4.79 Å². The van der Waals surface area contributed by atoms with Gasteiger partial charge in [-0.3, -0.25) is 4.79 Å². The van der Waals surface area contributed by atoms with E-state index >= 15 is 0 Å². The number of carbonyl (C=O) groups excluding carboxylic acids is 1. The molecule has 5 heteroatoms. The number of aromatic amines is 1. The van der Waals surface area contributed by atoms with Gasteiger partial charge in [-0.25, -0.2) is 4.68 Å². The van der Waals surface area contributed by atoms with Crippen LogP contribution in [0.15, 0.2) is 60.9 Å². The number of benzene rings is 2. The molecule has 1 unspecified atom stereocenters. The highest BCUT2D eigenvalue weighted by Gasteiger charge is 2.18. The molecule has 2 aromatic carbocycles. The van der Waals surface area contributed by atoms with E-state index < -0.39 is 0 Å². The Kier molecular flexibility index (Phi) is 4.28. The predicted molar refractivity (Wildman–Crippen MR) is 107 cm³/mol. The number of H-pyrrole nitrogens is 1. The fraction of sp³-hybridized carbons (Fsp3) is 0.182. The summed E-state index contributed by atoms with van der Waals surface area (Å²) in [5, 5.41) is 8.72. The second-order valence-electron chi connectivity index (χ2n) is 6.86. The van der Waals surface area contributed by atoms with Gasteiger partial charge in [-0.05, 0) is 56.0 Å². The SMILES string of the molecule is Cc1ccccc1-n1ncc(C(C)NC(=O)c2ccc3cc[nH]c3c2)c1C. The molecule has 0 aliphatic heterocycles. The minimum absolute atomic E-state index is 0.0953. The lowest BCUT2D eigenvalue weighted by molar-refractivity contribution is 0.0940. The Labute approximate surface area is 158 Å². The summed E-state index contributed by atoms with van der Waals surface area (Å²) in [4.78, 5) is 15.8. The topological polar surface area (TPSA) is 62.7 Å². The summed E-state index contributed by atoms with van der Waals surface area (Å²) in [6.07, 6.45) is 3.71. The number of aryl methyl sites for hydroxylation is 1. The van der Waals surface area contributed by atoms with E-state index in [9.17, 15) is 4.79 Å². The minimum Gasteiger partial charge on any atom is -0.361 e. The normalized spacial score (nSPS) is 12.3. The Hall–Kier alpha value is -3.34. The summed E-state index contributed by atoms with van der Waals surface area (Å²) in [6, 6.07) is 15.7. The second-order valence-corrected chi connectivity index (χ2v) is 6.86. The molecule has 0 saturated carbocycles. The molecular weight excluding hydrogens is 336 g/mol. The van der Waals surface area contributed by atoms with E-state index in [1.54, 1.807) is 0 Å². The first-order chi connectivity index (χ1) is 13.0. The van der Waals surface area contributed by atoms with Crippen molar-refractivity contribution in [1.29, 1.82) is 0 Å². The van der Waals surface area contributed by atoms with Gasteiger partial charge in [0.25, 0.3) is 5.91 Å². The summed E-state index contributed by atoms with van der Waals surface area (Å²) in [7, 11) is 0. The zero-order valence-corrected chi connectivity index (χ0v) is 15.7. The lowest BCUT2D eigenvalue weighted by Crippen LogP contribution is -2.26. The number of para-hydroxylation sites is 1. The summed E-state index contributed by atoms with van der Waals surface area (Å²) in [5.41, 5.74) is 5.84. The van der Waals surface area contributed by atoms with Crippen LogP contribution >= 0.6 is 0 Å². The smallest absolute Gasteiger partial charge is 0.251 e. The first-order valence-corrected chi connectivity index (χ1v) is 9.03. The van der Waals surface area contributed by atoms with Gasteiger partial charge in [-0.15, -0.1) is 0 Å². The third-order valence-corrected chi connectivity index (χ3v) is 5.02. The molecule has 0 fully saturated rings. The van der Waals surface area contributed by atoms with Crippen LogP contribution in [-0.4, -0.2) is 20.7 Å². The number of hydrogen-bond acceptors (Lipinski definition) is 2. The Morgan fingerprint density at radius 1 is 1.15 bits per heavy atom. The number of rotatable bonds is 4. The van der Waals surface area contributed by atoms with E-state index in [0.717, 1.165) is 33.4 Å². The molecular formula is C22H22N4O. The maximum absolute atomic E-state index is 12.7. The molecule has 1 amide bonds. The minimum atomic E-state index is -0.144. The number of aromatic nitrogens is 3. The summed E-state index contributed by atoms with van der Waals surface area (Å²) in [5.74, 6) is -0.0953. The van der Waals surface area contributed by atoms with Crippen LogP contribution in [0.2, 0.25) is 0 Å². The van der Waals surface area contributed by atoms with Crippen molar-refractivity contribution in [3.8, 4) is 5.69 Å². The van der Waals surface area contributed by atoms with E-state index in [2.05, 4.69) is 28.4 Å².